The van der Waals surface area contributed by atoms with Crippen molar-refractivity contribution in [1.29, 1.82) is 0 Å². The quantitative estimate of drug-likeness (QED) is 0.491. The molecule has 1 aliphatic carbocycles. The minimum Gasteiger partial charge on any atom is -0.303 e. The van der Waals surface area contributed by atoms with E-state index in [1.807, 2.05) is 30.5 Å². The molecule has 3 aliphatic heterocycles. The second-order valence-corrected chi connectivity index (χ2v) is 12.5. The molecule has 3 fully saturated rings. The molecule has 3 amide bonds. The summed E-state index contributed by atoms with van der Waals surface area (Å²) in [6, 6.07) is 7.57. The van der Waals surface area contributed by atoms with Crippen LogP contribution in [0.4, 0.5) is 5.69 Å². The molecule has 39 heavy (non-hydrogen) atoms. The number of carbonyl (C=O) groups excluding carboxylic acids is 3. The first-order chi connectivity index (χ1) is 19.1. The third kappa shape index (κ3) is 4.16. The van der Waals surface area contributed by atoms with Crippen molar-refractivity contribution < 1.29 is 15.8 Å². The Balaban J connectivity index is 1.14. The zero-order valence-electron chi connectivity index (χ0n) is 23.6. The van der Waals surface area contributed by atoms with Gasteiger partial charge in [0.1, 0.15) is 6.02 Å². The number of rotatable bonds is 6. The van der Waals surface area contributed by atoms with E-state index in [0.717, 1.165) is 47.8 Å². The molecule has 1 N–H and O–H groups in total. The van der Waals surface area contributed by atoms with Gasteiger partial charge in [0.2, 0.25) is 11.8 Å². The van der Waals surface area contributed by atoms with Crippen LogP contribution in [0.15, 0.2) is 42.7 Å². The predicted octanol–water partition coefficient (Wildman–Crippen LogP) is 4.00. The van der Waals surface area contributed by atoms with Crippen LogP contribution in [0, 0.1) is 5.41 Å². The van der Waals surface area contributed by atoms with Crippen LogP contribution < -0.4 is 10.2 Å². The van der Waals surface area contributed by atoms with Gasteiger partial charge in [-0.05, 0) is 73.1 Å². The number of hydrogen-bond donors (Lipinski definition) is 1. The topological polar surface area (TPSA) is 87.5 Å². The molecule has 1 saturated carbocycles. The van der Waals surface area contributed by atoms with Gasteiger partial charge in [0.05, 0.1) is 18.8 Å². The van der Waals surface area contributed by atoms with Crippen molar-refractivity contribution in [1.82, 2.24) is 20.0 Å². The van der Waals surface area contributed by atoms with Crippen LogP contribution in [0.5, 0.6) is 0 Å². The number of piperidine rings is 2. The molecule has 1 atom stereocenters. The summed E-state index contributed by atoms with van der Waals surface area (Å²) in [5.74, 6) is -1.54. The normalized spacial score (nSPS) is 26.2. The number of benzene rings is 2. The standard InChI is InChI=1S/C31H35N5O3/c1-30(10-11-30)19-34-14-12-31(2,13-15-34)35-18-20(17-32-35)16-21-6-7-24-27-22(21)4-3-5-23(27)29(39)36(24)25-8-9-26(37)33-28(25)38/h3-7,17-18,25H,8-16,19H2,1-2H3,(H,33,37,38)/t25-/m0/s1/i25D. The molecular weight excluding hydrogens is 490 g/mol. The third-order valence-corrected chi connectivity index (χ3v) is 9.38. The smallest absolute Gasteiger partial charge is 0.259 e. The average Bonchev–Trinajstić information content (AvgIpc) is 3.33. The molecule has 8 heteroatoms. The molecule has 2 aromatic carbocycles. The third-order valence-electron chi connectivity index (χ3n) is 9.38. The molecule has 4 heterocycles. The monoisotopic (exact) mass is 526 g/mol. The highest BCUT2D eigenvalue weighted by molar-refractivity contribution is 6.27. The Morgan fingerprint density at radius 2 is 1.87 bits per heavy atom. The van der Waals surface area contributed by atoms with Gasteiger partial charge in [-0.25, -0.2) is 0 Å². The molecule has 0 bridgehead atoms. The molecule has 3 aromatic rings. The number of hydrogen-bond acceptors (Lipinski definition) is 5. The molecule has 0 spiro atoms. The van der Waals surface area contributed by atoms with Gasteiger partial charge in [0.25, 0.3) is 5.91 Å². The first-order valence-electron chi connectivity index (χ1n) is 14.6. The second-order valence-electron chi connectivity index (χ2n) is 12.5. The zero-order chi connectivity index (χ0) is 27.9. The molecule has 8 nitrogen and oxygen atoms in total. The molecule has 4 aliphatic rings. The Bertz CT molecular complexity index is 1570. The Hall–Kier alpha value is -3.52. The molecule has 7 rings (SSSR count). The van der Waals surface area contributed by atoms with Gasteiger partial charge in [-0.2, -0.15) is 5.10 Å². The number of carbonyl (C=O) groups is 3. The van der Waals surface area contributed by atoms with E-state index in [-0.39, 0.29) is 24.3 Å². The van der Waals surface area contributed by atoms with Crippen LogP contribution in [0.3, 0.4) is 0 Å². The summed E-state index contributed by atoms with van der Waals surface area (Å²) in [6.07, 6.45) is 9.64. The Morgan fingerprint density at radius 1 is 1.08 bits per heavy atom. The largest absolute Gasteiger partial charge is 0.303 e. The summed E-state index contributed by atoms with van der Waals surface area (Å²) in [4.78, 5) is 41.9. The number of aromatic nitrogens is 2. The van der Waals surface area contributed by atoms with E-state index in [9.17, 15) is 14.4 Å². The first-order valence-corrected chi connectivity index (χ1v) is 14.1. The lowest BCUT2D eigenvalue weighted by Crippen LogP contribution is -2.53. The summed E-state index contributed by atoms with van der Waals surface area (Å²) in [5, 5.41) is 8.74. The van der Waals surface area contributed by atoms with E-state index in [0.29, 0.717) is 23.1 Å². The fraction of sp³-hybridized carbons (Fsp3) is 0.484. The summed E-state index contributed by atoms with van der Waals surface area (Å²) in [6.45, 7) is 8.12. The van der Waals surface area contributed by atoms with Crippen molar-refractivity contribution in [3.63, 3.8) is 0 Å². The molecule has 1 aromatic heterocycles. The molecule has 2 saturated heterocycles. The Morgan fingerprint density at radius 3 is 2.62 bits per heavy atom. The maximum atomic E-state index is 13.5. The van der Waals surface area contributed by atoms with Crippen LogP contribution in [-0.4, -0.2) is 58.1 Å². The van der Waals surface area contributed by atoms with Gasteiger partial charge >= 0.3 is 0 Å². The van der Waals surface area contributed by atoms with E-state index < -0.39 is 17.8 Å². The van der Waals surface area contributed by atoms with Crippen LogP contribution >= 0.6 is 0 Å². The maximum absolute atomic E-state index is 13.5. The van der Waals surface area contributed by atoms with Gasteiger partial charge in [-0.1, -0.05) is 25.1 Å². The van der Waals surface area contributed by atoms with Crippen molar-refractivity contribution >= 4 is 34.2 Å². The van der Waals surface area contributed by atoms with Gasteiger partial charge in [0, 0.05) is 49.6 Å². The van der Waals surface area contributed by atoms with Gasteiger partial charge < -0.3 is 4.90 Å². The van der Waals surface area contributed by atoms with Crippen molar-refractivity contribution in [3.8, 4) is 0 Å². The second kappa shape index (κ2) is 8.74. The molecule has 0 radical (unpaired) electrons. The summed E-state index contributed by atoms with van der Waals surface area (Å²) in [5.41, 5.74) is 3.75. The SMILES string of the molecule is [2H][C@]1(N2C(=O)c3cccc4c(Cc5cnn(C6(C)CCN(CC7(C)CC7)CC6)c5)ccc2c34)CCC(=O)NC1=O. The highest BCUT2D eigenvalue weighted by Gasteiger charge is 2.42. The van der Waals surface area contributed by atoms with Crippen molar-refractivity contribution in [2.24, 2.45) is 5.41 Å². The highest BCUT2D eigenvalue weighted by Crippen LogP contribution is 2.46. The van der Waals surface area contributed by atoms with Crippen molar-refractivity contribution in [3.05, 3.63) is 59.4 Å². The zero-order valence-corrected chi connectivity index (χ0v) is 22.6. The van der Waals surface area contributed by atoms with Gasteiger partial charge in [0.15, 0.2) is 0 Å². The minimum atomic E-state index is -1.86. The number of nitrogens with one attached hydrogen (secondary N) is 1. The van der Waals surface area contributed by atoms with E-state index in [2.05, 4.69) is 34.9 Å². The van der Waals surface area contributed by atoms with E-state index >= 15 is 0 Å². The summed E-state index contributed by atoms with van der Waals surface area (Å²) in [7, 11) is 0. The average molecular weight is 527 g/mol. The van der Waals surface area contributed by atoms with Gasteiger partial charge in [-0.3, -0.25) is 29.3 Å². The number of imide groups is 1. The number of anilines is 1. The van der Waals surface area contributed by atoms with Crippen LogP contribution in [0.25, 0.3) is 10.8 Å². The van der Waals surface area contributed by atoms with Crippen LogP contribution in [0.2, 0.25) is 0 Å². The van der Waals surface area contributed by atoms with Crippen molar-refractivity contribution in [2.75, 3.05) is 24.5 Å². The fourth-order valence-electron chi connectivity index (χ4n) is 6.58. The van der Waals surface area contributed by atoms with Crippen molar-refractivity contribution in [2.45, 2.75) is 70.4 Å². The number of nitrogens with zero attached hydrogens (tertiary/aromatic N) is 4. The predicted molar refractivity (Wildman–Crippen MR) is 149 cm³/mol. The Labute approximate surface area is 229 Å². The minimum absolute atomic E-state index is 0.00145. The Kier molecular flexibility index (Phi) is 5.24. The number of likely N-dealkylation sites (tertiary alicyclic amines) is 1. The highest BCUT2D eigenvalue weighted by atomic mass is 16.2. The van der Waals surface area contributed by atoms with E-state index in [1.165, 1.54) is 24.3 Å². The lowest BCUT2D eigenvalue weighted by molar-refractivity contribution is -0.134. The molecular formula is C31H35N5O3. The molecule has 202 valence electrons. The molecule has 0 unspecified atom stereocenters. The van der Waals surface area contributed by atoms with E-state index in [4.69, 9.17) is 6.47 Å². The van der Waals surface area contributed by atoms with Crippen LogP contribution in [-0.2, 0) is 21.5 Å². The van der Waals surface area contributed by atoms with Gasteiger partial charge in [-0.15, -0.1) is 0 Å². The first kappa shape index (κ1) is 23.4. The lowest BCUT2D eigenvalue weighted by atomic mass is 9.89. The number of amides is 3. The summed E-state index contributed by atoms with van der Waals surface area (Å²) >= 11 is 0. The fourth-order valence-corrected chi connectivity index (χ4v) is 6.58. The summed E-state index contributed by atoms with van der Waals surface area (Å²) < 4.78 is 11.1. The van der Waals surface area contributed by atoms with Crippen LogP contribution in [0.1, 0.15) is 75.2 Å². The lowest BCUT2D eigenvalue weighted by Gasteiger charge is -2.40. The van der Waals surface area contributed by atoms with E-state index in [1.54, 1.807) is 6.07 Å². The maximum Gasteiger partial charge on any atom is 0.259 e.